The maximum Gasteiger partial charge on any atom is 0.226 e. The van der Waals surface area contributed by atoms with Gasteiger partial charge in [0.15, 0.2) is 0 Å². The fraction of sp³-hybridized carbons (Fsp3) is 0.812. The number of carbonyl (C=O) groups is 1. The van der Waals surface area contributed by atoms with E-state index in [0.717, 1.165) is 32.4 Å². The van der Waals surface area contributed by atoms with Crippen LogP contribution in [0, 0.1) is 17.8 Å². The van der Waals surface area contributed by atoms with Gasteiger partial charge in [0, 0.05) is 31.1 Å². The van der Waals surface area contributed by atoms with E-state index in [4.69, 9.17) is 0 Å². The SMILES string of the molecule is CCC1CN(C(=O)C2CC3C=CC2C3)C(CC)CN1. The summed E-state index contributed by atoms with van der Waals surface area (Å²) in [7, 11) is 0. The lowest BCUT2D eigenvalue weighted by molar-refractivity contribution is -0.140. The van der Waals surface area contributed by atoms with E-state index in [1.54, 1.807) is 0 Å². The Morgan fingerprint density at radius 3 is 2.68 bits per heavy atom. The summed E-state index contributed by atoms with van der Waals surface area (Å²) in [6, 6.07) is 0.888. The van der Waals surface area contributed by atoms with Gasteiger partial charge >= 0.3 is 0 Å². The lowest BCUT2D eigenvalue weighted by Gasteiger charge is -2.42. The van der Waals surface area contributed by atoms with Crippen LogP contribution in [-0.2, 0) is 4.79 Å². The van der Waals surface area contributed by atoms with Gasteiger partial charge in [-0.15, -0.1) is 0 Å². The Balaban J connectivity index is 1.71. The molecule has 106 valence electrons. The van der Waals surface area contributed by atoms with Crippen LogP contribution >= 0.6 is 0 Å². The molecule has 0 aromatic heterocycles. The third-order valence-electron chi connectivity index (χ3n) is 5.34. The number of allylic oxidation sites excluding steroid dienone is 2. The maximum atomic E-state index is 12.9. The Morgan fingerprint density at radius 2 is 2.11 bits per heavy atom. The lowest BCUT2D eigenvalue weighted by atomic mass is 9.90. The molecule has 0 radical (unpaired) electrons. The molecule has 1 amide bonds. The van der Waals surface area contributed by atoms with E-state index >= 15 is 0 Å². The van der Waals surface area contributed by atoms with E-state index in [9.17, 15) is 4.79 Å². The molecule has 2 fully saturated rings. The number of hydrogen-bond acceptors (Lipinski definition) is 2. The van der Waals surface area contributed by atoms with Crippen molar-refractivity contribution in [2.75, 3.05) is 13.1 Å². The molecular formula is C16H26N2O. The van der Waals surface area contributed by atoms with Gasteiger partial charge in [0.1, 0.15) is 0 Å². The van der Waals surface area contributed by atoms with Crippen molar-refractivity contribution < 1.29 is 4.79 Å². The van der Waals surface area contributed by atoms with Crippen molar-refractivity contribution in [2.45, 2.75) is 51.6 Å². The largest absolute Gasteiger partial charge is 0.337 e. The van der Waals surface area contributed by atoms with Crippen molar-refractivity contribution in [3.05, 3.63) is 12.2 Å². The third-order valence-corrected chi connectivity index (χ3v) is 5.34. The average Bonchev–Trinajstić information content (AvgIpc) is 3.08. The van der Waals surface area contributed by atoms with Crippen LogP contribution in [0.5, 0.6) is 0 Å². The van der Waals surface area contributed by atoms with E-state index in [1.165, 1.54) is 6.42 Å². The molecule has 5 unspecified atom stereocenters. The molecule has 0 aromatic carbocycles. The number of nitrogens with zero attached hydrogens (tertiary/aromatic N) is 1. The summed E-state index contributed by atoms with van der Waals surface area (Å²) in [5.41, 5.74) is 0. The summed E-state index contributed by atoms with van der Waals surface area (Å²) in [5.74, 6) is 1.93. The van der Waals surface area contributed by atoms with Gasteiger partial charge in [-0.2, -0.15) is 0 Å². The lowest BCUT2D eigenvalue weighted by Crippen LogP contribution is -2.59. The topological polar surface area (TPSA) is 32.3 Å². The number of rotatable bonds is 3. The summed E-state index contributed by atoms with van der Waals surface area (Å²) in [5, 5.41) is 3.57. The van der Waals surface area contributed by atoms with Crippen LogP contribution < -0.4 is 5.32 Å². The third kappa shape index (κ3) is 2.33. The number of carbonyl (C=O) groups excluding carboxylic acids is 1. The van der Waals surface area contributed by atoms with Crippen LogP contribution in [0.3, 0.4) is 0 Å². The molecule has 5 atom stereocenters. The van der Waals surface area contributed by atoms with Gasteiger partial charge in [-0.05, 0) is 37.5 Å². The van der Waals surface area contributed by atoms with Gasteiger partial charge in [0.05, 0.1) is 0 Å². The van der Waals surface area contributed by atoms with Gasteiger partial charge < -0.3 is 10.2 Å². The second-order valence-corrected chi connectivity index (χ2v) is 6.45. The van der Waals surface area contributed by atoms with Crippen molar-refractivity contribution in [3.63, 3.8) is 0 Å². The molecule has 2 aliphatic carbocycles. The van der Waals surface area contributed by atoms with Crippen LogP contribution in [-0.4, -0.2) is 36.0 Å². The van der Waals surface area contributed by atoms with Crippen LogP contribution in [0.1, 0.15) is 39.5 Å². The highest BCUT2D eigenvalue weighted by atomic mass is 16.2. The highest BCUT2D eigenvalue weighted by Crippen LogP contribution is 2.44. The first-order valence-corrected chi connectivity index (χ1v) is 7.95. The Bertz CT molecular complexity index is 379. The summed E-state index contributed by atoms with van der Waals surface area (Å²) >= 11 is 0. The Labute approximate surface area is 116 Å². The van der Waals surface area contributed by atoms with E-state index in [1.807, 2.05) is 0 Å². The van der Waals surface area contributed by atoms with E-state index in [2.05, 4.69) is 36.2 Å². The highest BCUT2D eigenvalue weighted by molar-refractivity contribution is 5.80. The van der Waals surface area contributed by atoms with E-state index < -0.39 is 0 Å². The fourth-order valence-electron chi connectivity index (χ4n) is 4.05. The second kappa shape index (κ2) is 5.28. The first kappa shape index (κ1) is 13.2. The highest BCUT2D eigenvalue weighted by Gasteiger charge is 2.43. The molecule has 1 saturated carbocycles. The Kier molecular flexibility index (Phi) is 3.66. The number of hydrogen-bond donors (Lipinski definition) is 1. The minimum Gasteiger partial charge on any atom is -0.337 e. The van der Waals surface area contributed by atoms with Crippen LogP contribution in [0.2, 0.25) is 0 Å². The van der Waals surface area contributed by atoms with Gasteiger partial charge in [0.2, 0.25) is 5.91 Å². The minimum absolute atomic E-state index is 0.277. The molecule has 0 spiro atoms. The summed E-state index contributed by atoms with van der Waals surface area (Å²) in [6.45, 7) is 6.27. The number of nitrogens with one attached hydrogen (secondary N) is 1. The first-order valence-electron chi connectivity index (χ1n) is 7.95. The van der Waals surface area contributed by atoms with Crippen LogP contribution in [0.4, 0.5) is 0 Å². The van der Waals surface area contributed by atoms with Crippen LogP contribution in [0.25, 0.3) is 0 Å². The fourth-order valence-corrected chi connectivity index (χ4v) is 4.05. The van der Waals surface area contributed by atoms with Gasteiger partial charge in [-0.25, -0.2) is 0 Å². The smallest absolute Gasteiger partial charge is 0.226 e. The predicted octanol–water partition coefficient (Wildman–Crippen LogP) is 2.19. The molecular weight excluding hydrogens is 236 g/mol. The number of fused-ring (bicyclic) bond motifs is 2. The predicted molar refractivity (Wildman–Crippen MR) is 76.7 cm³/mol. The molecule has 3 heteroatoms. The van der Waals surface area contributed by atoms with Gasteiger partial charge in [0.25, 0.3) is 0 Å². The molecule has 1 heterocycles. The Morgan fingerprint density at radius 1 is 1.26 bits per heavy atom. The van der Waals surface area contributed by atoms with Crippen molar-refractivity contribution in [2.24, 2.45) is 17.8 Å². The molecule has 3 nitrogen and oxygen atoms in total. The van der Waals surface area contributed by atoms with Crippen LogP contribution in [0.15, 0.2) is 12.2 Å². The van der Waals surface area contributed by atoms with Gasteiger partial charge in [-0.3, -0.25) is 4.79 Å². The molecule has 1 saturated heterocycles. The minimum atomic E-state index is 0.277. The van der Waals surface area contributed by atoms with Gasteiger partial charge in [-0.1, -0.05) is 26.0 Å². The van der Waals surface area contributed by atoms with Crippen molar-refractivity contribution in [1.29, 1.82) is 0 Å². The molecule has 2 bridgehead atoms. The molecule has 1 N–H and O–H groups in total. The standard InChI is InChI=1S/C16H26N2O/c1-3-13-10-18(14(4-2)9-17-13)16(19)15-8-11-5-6-12(15)7-11/h5-6,11-15,17H,3-4,7-10H2,1-2H3. The molecule has 3 aliphatic rings. The van der Waals surface area contributed by atoms with Crippen molar-refractivity contribution >= 4 is 5.91 Å². The van der Waals surface area contributed by atoms with E-state index in [-0.39, 0.29) is 5.92 Å². The zero-order valence-corrected chi connectivity index (χ0v) is 12.1. The normalized spacial score (nSPS) is 40.9. The monoisotopic (exact) mass is 262 g/mol. The number of amides is 1. The molecule has 1 aliphatic heterocycles. The molecule has 19 heavy (non-hydrogen) atoms. The Hall–Kier alpha value is -0.830. The zero-order valence-electron chi connectivity index (χ0n) is 12.1. The van der Waals surface area contributed by atoms with Crippen molar-refractivity contribution in [1.82, 2.24) is 10.2 Å². The maximum absolute atomic E-state index is 12.9. The quantitative estimate of drug-likeness (QED) is 0.791. The number of piperazine rings is 1. The second-order valence-electron chi connectivity index (χ2n) is 6.45. The summed E-state index contributed by atoms with van der Waals surface area (Å²) in [4.78, 5) is 15.1. The zero-order chi connectivity index (χ0) is 13.4. The summed E-state index contributed by atoms with van der Waals surface area (Å²) in [6.07, 6.45) is 9.09. The first-order chi connectivity index (χ1) is 9.22. The van der Waals surface area contributed by atoms with Crippen molar-refractivity contribution in [3.8, 4) is 0 Å². The average molecular weight is 262 g/mol. The molecule has 0 aromatic rings. The molecule has 3 rings (SSSR count). The van der Waals surface area contributed by atoms with E-state index in [0.29, 0.717) is 29.8 Å². The summed E-state index contributed by atoms with van der Waals surface area (Å²) < 4.78 is 0.